The van der Waals surface area contributed by atoms with Gasteiger partial charge in [0.05, 0.1) is 0 Å². The van der Waals surface area contributed by atoms with Crippen LogP contribution in [0.4, 0.5) is 4.39 Å². The van der Waals surface area contributed by atoms with Gasteiger partial charge in [-0.1, -0.05) is 38.2 Å². The molecule has 0 radical (unpaired) electrons. The summed E-state index contributed by atoms with van der Waals surface area (Å²) in [6, 6.07) is 5.80. The van der Waals surface area contributed by atoms with E-state index in [0.29, 0.717) is 35.3 Å². The molecule has 0 spiro atoms. The van der Waals surface area contributed by atoms with Crippen molar-refractivity contribution in [2.75, 3.05) is 6.61 Å². The highest BCUT2D eigenvalue weighted by molar-refractivity contribution is 5.66. The molecule has 1 aromatic carbocycles. The molecule has 5 atom stereocenters. The van der Waals surface area contributed by atoms with E-state index >= 15 is 0 Å². The van der Waals surface area contributed by atoms with Gasteiger partial charge in [-0.3, -0.25) is 4.79 Å². The minimum Gasteiger partial charge on any atom is -0.491 e. The number of allylic oxidation sites excluding steroid dienone is 3. The number of carboxylic acid groups (broad SMARTS) is 1. The van der Waals surface area contributed by atoms with Crippen LogP contribution in [-0.2, 0) is 4.79 Å². The lowest BCUT2D eigenvalue weighted by molar-refractivity contribution is -0.137. The number of aliphatic carboxylic acids is 1. The Morgan fingerprint density at radius 3 is 2.68 bits per heavy atom. The quantitative estimate of drug-likeness (QED) is 0.353. The lowest BCUT2D eigenvalue weighted by atomic mass is 9.43. The summed E-state index contributed by atoms with van der Waals surface area (Å²) in [7, 11) is 0. The Bertz CT molecular complexity index is 783. The first-order valence-electron chi connectivity index (χ1n) is 11.4. The van der Waals surface area contributed by atoms with Crippen molar-refractivity contribution in [1.29, 1.82) is 0 Å². The van der Waals surface area contributed by atoms with Gasteiger partial charge in [-0.25, -0.2) is 4.39 Å². The number of rotatable bonds is 11. The second kappa shape index (κ2) is 10.4. The Morgan fingerprint density at radius 2 is 2.00 bits per heavy atom. The molecule has 4 nitrogen and oxygen atoms in total. The average molecular weight is 431 g/mol. The second-order valence-electron chi connectivity index (χ2n) is 9.63. The van der Waals surface area contributed by atoms with Gasteiger partial charge in [-0.15, -0.1) is 0 Å². The van der Waals surface area contributed by atoms with E-state index < -0.39 is 12.1 Å². The minimum atomic E-state index is -0.741. The maximum atomic E-state index is 13.0. The van der Waals surface area contributed by atoms with E-state index in [1.165, 1.54) is 18.6 Å². The first-order chi connectivity index (χ1) is 14.8. The molecule has 0 amide bonds. The van der Waals surface area contributed by atoms with Crippen LogP contribution in [0.25, 0.3) is 0 Å². The van der Waals surface area contributed by atoms with E-state index in [-0.39, 0.29) is 18.8 Å². The van der Waals surface area contributed by atoms with Crippen LogP contribution in [-0.4, -0.2) is 28.9 Å². The van der Waals surface area contributed by atoms with Crippen LogP contribution >= 0.6 is 0 Å². The number of aliphatic hydroxyl groups is 1. The second-order valence-corrected chi connectivity index (χ2v) is 9.63. The smallest absolute Gasteiger partial charge is 0.303 e. The van der Waals surface area contributed by atoms with Crippen molar-refractivity contribution in [3.63, 3.8) is 0 Å². The highest BCUT2D eigenvalue weighted by Crippen LogP contribution is 2.64. The third-order valence-corrected chi connectivity index (χ3v) is 7.32. The molecule has 0 saturated heterocycles. The number of unbranched alkanes of at least 4 members (excludes halogenated alkanes) is 1. The van der Waals surface area contributed by atoms with E-state index in [1.807, 2.05) is 6.08 Å². The van der Waals surface area contributed by atoms with E-state index in [2.05, 4.69) is 32.1 Å². The monoisotopic (exact) mass is 430 g/mol. The molecule has 4 rings (SSSR count). The highest BCUT2D eigenvalue weighted by Gasteiger charge is 2.56. The van der Waals surface area contributed by atoms with Gasteiger partial charge in [-0.05, 0) is 85.5 Å². The number of aliphatic hydroxyl groups excluding tert-OH is 1. The third-order valence-electron chi connectivity index (χ3n) is 7.32. The van der Waals surface area contributed by atoms with Gasteiger partial charge in [-0.2, -0.15) is 0 Å². The predicted octanol–water partition coefficient (Wildman–Crippen LogP) is 5.62. The maximum Gasteiger partial charge on any atom is 0.303 e. The van der Waals surface area contributed by atoms with Crippen LogP contribution in [0.15, 0.2) is 48.6 Å². The number of carbonyl (C=O) groups is 1. The Morgan fingerprint density at radius 1 is 1.26 bits per heavy atom. The number of benzene rings is 1. The lowest BCUT2D eigenvalue weighted by Crippen LogP contribution is -2.55. The van der Waals surface area contributed by atoms with Crippen molar-refractivity contribution in [3.8, 4) is 5.75 Å². The molecule has 5 heteroatoms. The third kappa shape index (κ3) is 6.19. The van der Waals surface area contributed by atoms with Crippen LogP contribution in [0, 0.1) is 34.9 Å². The minimum absolute atomic E-state index is 0.140. The molecule has 3 aliphatic rings. The van der Waals surface area contributed by atoms with Gasteiger partial charge in [0.25, 0.3) is 0 Å². The van der Waals surface area contributed by atoms with E-state index in [4.69, 9.17) is 9.84 Å². The summed E-state index contributed by atoms with van der Waals surface area (Å²) in [6.45, 7) is 4.89. The predicted molar refractivity (Wildman–Crippen MR) is 119 cm³/mol. The summed E-state index contributed by atoms with van der Waals surface area (Å²) in [5.74, 6) is 1.87. The topological polar surface area (TPSA) is 66.8 Å². The molecule has 3 fully saturated rings. The summed E-state index contributed by atoms with van der Waals surface area (Å²) in [5, 5.41) is 19.1. The van der Waals surface area contributed by atoms with Crippen molar-refractivity contribution in [3.05, 3.63) is 54.4 Å². The number of halogens is 1. The van der Waals surface area contributed by atoms with Crippen molar-refractivity contribution in [1.82, 2.24) is 0 Å². The molecule has 31 heavy (non-hydrogen) atoms. The Kier molecular flexibility index (Phi) is 7.93. The molecule has 1 unspecified atom stereocenters. The zero-order valence-corrected chi connectivity index (χ0v) is 18.5. The number of fused-ring (bicyclic) bond motifs is 2. The largest absolute Gasteiger partial charge is 0.491 e. The summed E-state index contributed by atoms with van der Waals surface area (Å²) in [5.41, 5.74) is 0.371. The zero-order valence-electron chi connectivity index (χ0n) is 18.5. The Labute approximate surface area is 184 Å². The standard InChI is InChI=1S/C26H35FO4/c1-26(2)19-15-18(9-12-21(28)17-31-22-13-10-20(27)11-14-22)23(24(26)16-19)7-5-3-4-6-8-25(29)30/h3,5,9-14,18-19,21,23-24,28H,4,6-8,15-17H2,1-2H3,(H,29,30)/b5-3-,12-9+/t18?,19-,21+,23+,24-/m0/s1. The van der Waals surface area contributed by atoms with Crippen LogP contribution in [0.1, 0.15) is 52.4 Å². The molecular formula is C26H35FO4. The fourth-order valence-corrected chi connectivity index (χ4v) is 5.33. The molecule has 170 valence electrons. The summed E-state index contributed by atoms with van der Waals surface area (Å²) < 4.78 is 18.5. The van der Waals surface area contributed by atoms with E-state index in [0.717, 1.165) is 25.2 Å². The normalized spacial score (nSPS) is 27.9. The van der Waals surface area contributed by atoms with Crippen molar-refractivity contribution in [2.45, 2.75) is 58.5 Å². The SMILES string of the molecule is CC1(C)[C@H]2CC(/C=C/[C@@H](O)COc3ccc(F)cc3)[C@@H](C/C=C\CCCC(=O)O)[C@@H]1C2. The molecule has 0 aliphatic heterocycles. The van der Waals surface area contributed by atoms with Crippen molar-refractivity contribution < 1.29 is 24.1 Å². The first-order valence-corrected chi connectivity index (χ1v) is 11.4. The van der Waals surface area contributed by atoms with Gasteiger partial charge in [0, 0.05) is 6.42 Å². The zero-order chi connectivity index (χ0) is 22.4. The van der Waals surface area contributed by atoms with Gasteiger partial charge in [0.15, 0.2) is 0 Å². The van der Waals surface area contributed by atoms with E-state index in [1.54, 1.807) is 12.1 Å². The van der Waals surface area contributed by atoms with Crippen LogP contribution in [0.5, 0.6) is 5.75 Å². The Hall–Kier alpha value is -2.14. The fraction of sp³-hybridized carbons (Fsp3) is 0.577. The van der Waals surface area contributed by atoms with Gasteiger partial charge in [0.1, 0.15) is 24.3 Å². The number of ether oxygens (including phenoxy) is 1. The van der Waals surface area contributed by atoms with Gasteiger partial charge < -0.3 is 14.9 Å². The summed E-state index contributed by atoms with van der Waals surface area (Å²) in [4.78, 5) is 10.6. The van der Waals surface area contributed by atoms with Gasteiger partial charge >= 0.3 is 5.97 Å². The highest BCUT2D eigenvalue weighted by atomic mass is 19.1. The first kappa shape index (κ1) is 23.5. The molecule has 3 saturated carbocycles. The molecule has 2 N–H and O–H groups in total. The van der Waals surface area contributed by atoms with Crippen LogP contribution < -0.4 is 4.74 Å². The van der Waals surface area contributed by atoms with Crippen molar-refractivity contribution >= 4 is 5.97 Å². The lowest BCUT2D eigenvalue weighted by Gasteiger charge is -2.62. The molecule has 1 aromatic rings. The molecule has 0 aromatic heterocycles. The van der Waals surface area contributed by atoms with Crippen LogP contribution in [0.3, 0.4) is 0 Å². The van der Waals surface area contributed by atoms with Crippen LogP contribution in [0.2, 0.25) is 0 Å². The average Bonchev–Trinajstić information content (AvgIpc) is 2.74. The number of carboxylic acids is 1. The van der Waals surface area contributed by atoms with Gasteiger partial charge in [0.2, 0.25) is 0 Å². The summed E-state index contributed by atoms with van der Waals surface area (Å²) in [6.07, 6.45) is 12.7. The molecule has 2 bridgehead atoms. The fourth-order valence-electron chi connectivity index (χ4n) is 5.33. The number of hydrogen-bond acceptors (Lipinski definition) is 3. The Balaban J connectivity index is 1.52. The van der Waals surface area contributed by atoms with E-state index in [9.17, 15) is 14.3 Å². The molecule has 3 aliphatic carbocycles. The van der Waals surface area contributed by atoms with Crippen molar-refractivity contribution in [2.24, 2.45) is 29.1 Å². The molecular weight excluding hydrogens is 395 g/mol. The maximum absolute atomic E-state index is 13.0. The number of hydrogen-bond donors (Lipinski definition) is 2. The summed E-state index contributed by atoms with van der Waals surface area (Å²) >= 11 is 0. The molecule has 0 heterocycles.